The van der Waals surface area contributed by atoms with Gasteiger partial charge in [0, 0.05) is 50.7 Å². The predicted molar refractivity (Wildman–Crippen MR) is 142 cm³/mol. The molecule has 0 unspecified atom stereocenters. The molecule has 2 N–H and O–H groups in total. The van der Waals surface area contributed by atoms with Crippen molar-refractivity contribution in [3.05, 3.63) is 59.7 Å². The lowest BCUT2D eigenvalue weighted by atomic mass is 10.1. The van der Waals surface area contributed by atoms with E-state index in [-0.39, 0.29) is 0 Å². The molecular weight excluding hydrogens is 424 g/mol. The number of benzene rings is 2. The molecule has 6 heteroatoms. The normalized spacial score (nSPS) is 16.2. The third-order valence-corrected chi connectivity index (χ3v) is 6.41. The molecule has 0 atom stereocenters. The largest absolute Gasteiger partial charge is 0.508 e. The van der Waals surface area contributed by atoms with Gasteiger partial charge in [0.05, 0.1) is 0 Å². The molecule has 0 spiro atoms. The van der Waals surface area contributed by atoms with E-state index < -0.39 is 0 Å². The Labute approximate surface area is 204 Å². The monoisotopic (exact) mass is 464 g/mol. The molecule has 1 saturated heterocycles. The Morgan fingerprint density at radius 3 is 1.32 bits per heavy atom. The predicted octanol–water partition coefficient (Wildman–Crippen LogP) is 4.59. The molecular formula is C28H40N4O2. The number of phenolic OH excluding ortho intramolecular Hbond substituents is 2. The Balaban J connectivity index is 1.32. The van der Waals surface area contributed by atoms with Crippen LogP contribution in [-0.4, -0.2) is 83.8 Å². The van der Waals surface area contributed by atoms with E-state index in [1.165, 1.54) is 0 Å². The summed E-state index contributed by atoms with van der Waals surface area (Å²) in [5.74, 6) is 0.594. The minimum absolute atomic E-state index is 0.297. The van der Waals surface area contributed by atoms with Crippen LogP contribution in [0.15, 0.2) is 58.5 Å². The van der Waals surface area contributed by atoms with E-state index in [1.54, 1.807) is 24.3 Å². The van der Waals surface area contributed by atoms with Gasteiger partial charge in [0.1, 0.15) is 11.5 Å². The summed E-state index contributed by atoms with van der Waals surface area (Å²) in [5, 5.41) is 18.9. The van der Waals surface area contributed by atoms with Crippen molar-refractivity contribution in [3.8, 4) is 11.5 Å². The highest BCUT2D eigenvalue weighted by Gasteiger charge is 2.15. The van der Waals surface area contributed by atoms with Crippen LogP contribution in [0.1, 0.15) is 50.7 Å². The summed E-state index contributed by atoms with van der Waals surface area (Å²) in [5.41, 5.74) is 4.44. The molecule has 184 valence electrons. The third-order valence-electron chi connectivity index (χ3n) is 6.41. The van der Waals surface area contributed by atoms with Gasteiger partial charge in [0.25, 0.3) is 0 Å². The first kappa shape index (κ1) is 25.9. The fourth-order valence-corrected chi connectivity index (χ4v) is 4.38. The van der Waals surface area contributed by atoms with Crippen LogP contribution < -0.4 is 0 Å². The Morgan fingerprint density at radius 2 is 1.00 bits per heavy atom. The number of rotatable bonds is 12. The lowest BCUT2D eigenvalue weighted by Gasteiger charge is -2.34. The molecule has 3 rings (SSSR count). The highest BCUT2D eigenvalue weighted by molar-refractivity contribution is 6.01. The fraction of sp³-hybridized carbons (Fsp3) is 0.500. The van der Waals surface area contributed by atoms with Gasteiger partial charge >= 0.3 is 0 Å². The van der Waals surface area contributed by atoms with Crippen molar-refractivity contribution < 1.29 is 10.2 Å². The summed E-state index contributed by atoms with van der Waals surface area (Å²) < 4.78 is 0. The molecule has 34 heavy (non-hydrogen) atoms. The molecule has 0 saturated carbocycles. The molecule has 0 radical (unpaired) electrons. The average Bonchev–Trinajstić information content (AvgIpc) is 2.86. The van der Waals surface area contributed by atoms with E-state index in [9.17, 15) is 10.2 Å². The van der Waals surface area contributed by atoms with Crippen molar-refractivity contribution in [1.82, 2.24) is 9.80 Å². The Kier molecular flexibility index (Phi) is 10.6. The second-order valence-corrected chi connectivity index (χ2v) is 8.85. The third kappa shape index (κ3) is 8.26. The lowest BCUT2D eigenvalue weighted by molar-refractivity contribution is 0.131. The lowest BCUT2D eigenvalue weighted by Crippen LogP contribution is -2.46. The van der Waals surface area contributed by atoms with Crippen molar-refractivity contribution in [2.24, 2.45) is 9.98 Å². The molecule has 0 bridgehead atoms. The van der Waals surface area contributed by atoms with Gasteiger partial charge in [-0.3, -0.25) is 9.98 Å². The SMILES string of the molecule is CC/C(=N/CCCN1CCN(CCC/N=C(/CC)c2ccc(O)cc2)CC1)c1ccc(O)cc1. The number of aromatic hydroxyl groups is 2. The molecule has 0 amide bonds. The fourth-order valence-electron chi connectivity index (χ4n) is 4.38. The van der Waals surface area contributed by atoms with E-state index in [1.807, 2.05) is 24.3 Å². The maximum Gasteiger partial charge on any atom is 0.115 e. The number of piperazine rings is 1. The molecule has 1 heterocycles. The van der Waals surface area contributed by atoms with Crippen molar-refractivity contribution in [2.75, 3.05) is 52.4 Å². The number of aliphatic imine (C=N–C) groups is 2. The van der Waals surface area contributed by atoms with E-state index in [2.05, 4.69) is 23.6 Å². The van der Waals surface area contributed by atoms with Crippen LogP contribution in [0.2, 0.25) is 0 Å². The molecule has 6 nitrogen and oxygen atoms in total. The van der Waals surface area contributed by atoms with Crippen LogP contribution in [-0.2, 0) is 0 Å². The van der Waals surface area contributed by atoms with Crippen molar-refractivity contribution in [1.29, 1.82) is 0 Å². The van der Waals surface area contributed by atoms with Gasteiger partial charge in [0.2, 0.25) is 0 Å². The molecule has 1 aliphatic rings. The van der Waals surface area contributed by atoms with Crippen LogP contribution in [0.3, 0.4) is 0 Å². The Hall–Kier alpha value is -2.70. The quantitative estimate of drug-likeness (QED) is 0.356. The Morgan fingerprint density at radius 1 is 0.647 bits per heavy atom. The second kappa shape index (κ2) is 13.9. The van der Waals surface area contributed by atoms with E-state index in [4.69, 9.17) is 9.98 Å². The number of nitrogens with zero attached hydrogens (tertiary/aromatic N) is 4. The zero-order valence-corrected chi connectivity index (χ0v) is 20.8. The van der Waals surface area contributed by atoms with Gasteiger partial charge in [-0.1, -0.05) is 13.8 Å². The standard InChI is InChI=1S/C28H40N4O2/c1-3-27(23-7-11-25(33)12-8-23)29-15-5-17-31-19-21-32(22-20-31)18-6-16-30-28(4-2)24-9-13-26(34)14-10-24/h7-14,33-34H,3-6,15-22H2,1-2H3/b29-27-,30-28-. The van der Waals surface area contributed by atoms with E-state index >= 15 is 0 Å². The zero-order chi connectivity index (χ0) is 24.2. The highest BCUT2D eigenvalue weighted by atomic mass is 16.3. The van der Waals surface area contributed by atoms with E-state index in [0.717, 1.165) is 101 Å². The van der Waals surface area contributed by atoms with Gasteiger partial charge in [0.15, 0.2) is 0 Å². The molecule has 1 aliphatic heterocycles. The van der Waals surface area contributed by atoms with Gasteiger partial charge in [-0.15, -0.1) is 0 Å². The second-order valence-electron chi connectivity index (χ2n) is 8.85. The maximum absolute atomic E-state index is 9.47. The zero-order valence-electron chi connectivity index (χ0n) is 20.8. The summed E-state index contributed by atoms with van der Waals surface area (Å²) >= 11 is 0. The first-order chi connectivity index (χ1) is 16.6. The van der Waals surface area contributed by atoms with Gasteiger partial charge < -0.3 is 20.0 Å². The van der Waals surface area contributed by atoms with Gasteiger partial charge in [-0.2, -0.15) is 0 Å². The maximum atomic E-state index is 9.47. The van der Waals surface area contributed by atoms with Crippen molar-refractivity contribution in [3.63, 3.8) is 0 Å². The topological polar surface area (TPSA) is 71.7 Å². The van der Waals surface area contributed by atoms with Crippen molar-refractivity contribution >= 4 is 11.4 Å². The number of hydrogen-bond donors (Lipinski definition) is 2. The average molecular weight is 465 g/mol. The van der Waals surface area contributed by atoms with Crippen LogP contribution in [0, 0.1) is 0 Å². The van der Waals surface area contributed by atoms with Crippen LogP contribution >= 0.6 is 0 Å². The summed E-state index contributed by atoms with van der Waals surface area (Å²) in [6.45, 7) is 12.7. The first-order valence-electron chi connectivity index (χ1n) is 12.7. The first-order valence-corrected chi connectivity index (χ1v) is 12.7. The molecule has 2 aromatic rings. The number of phenols is 2. The summed E-state index contributed by atoms with van der Waals surface area (Å²) in [6.07, 6.45) is 3.96. The molecule has 1 fully saturated rings. The summed E-state index contributed by atoms with van der Waals surface area (Å²) in [7, 11) is 0. The Bertz CT molecular complexity index is 837. The summed E-state index contributed by atoms with van der Waals surface area (Å²) in [4.78, 5) is 14.7. The van der Waals surface area contributed by atoms with Crippen LogP contribution in [0.25, 0.3) is 0 Å². The number of hydrogen-bond acceptors (Lipinski definition) is 6. The van der Waals surface area contributed by atoms with Crippen molar-refractivity contribution in [2.45, 2.75) is 39.5 Å². The van der Waals surface area contributed by atoms with Gasteiger partial charge in [-0.25, -0.2) is 0 Å². The smallest absolute Gasteiger partial charge is 0.115 e. The van der Waals surface area contributed by atoms with Gasteiger partial charge in [-0.05, 0) is 98.4 Å². The van der Waals surface area contributed by atoms with Crippen LogP contribution in [0.4, 0.5) is 0 Å². The van der Waals surface area contributed by atoms with E-state index in [0.29, 0.717) is 11.5 Å². The highest BCUT2D eigenvalue weighted by Crippen LogP contribution is 2.13. The minimum Gasteiger partial charge on any atom is -0.508 e. The molecule has 0 aromatic heterocycles. The van der Waals surface area contributed by atoms with Crippen LogP contribution in [0.5, 0.6) is 11.5 Å². The minimum atomic E-state index is 0.297. The molecule has 0 aliphatic carbocycles. The molecule has 2 aromatic carbocycles. The summed E-state index contributed by atoms with van der Waals surface area (Å²) in [6, 6.07) is 14.7.